The normalized spacial score (nSPS) is 23.1. The van der Waals surface area contributed by atoms with Gasteiger partial charge < -0.3 is 31.3 Å². The second-order valence-corrected chi connectivity index (χ2v) is 12.3. The van der Waals surface area contributed by atoms with Gasteiger partial charge in [-0.15, -0.1) is 0 Å². The van der Waals surface area contributed by atoms with Crippen LogP contribution in [-0.2, 0) is 27.3 Å². The van der Waals surface area contributed by atoms with Crippen LogP contribution in [0.4, 0.5) is 0 Å². The molecule has 7 N–H and O–H groups in total. The molecule has 13 nitrogen and oxygen atoms in total. The number of carbonyl (C=O) groups is 6. The second-order valence-electron chi connectivity index (χ2n) is 12.3. The average Bonchev–Trinajstić information content (AvgIpc) is 3.28. The van der Waals surface area contributed by atoms with Crippen LogP contribution in [0.1, 0.15) is 60.6 Å². The lowest BCUT2D eigenvalue weighted by Crippen LogP contribution is -2.58. The molecular weight excluding hydrogens is 624 g/mol. The number of carboxylic acid groups (broad SMARTS) is 1. The van der Waals surface area contributed by atoms with Crippen molar-refractivity contribution in [1.29, 1.82) is 0 Å². The predicted molar refractivity (Wildman–Crippen MR) is 164 cm³/mol. The first-order chi connectivity index (χ1) is 22.7. The molecule has 1 fully saturated rings. The Morgan fingerprint density at radius 2 is 1.56 bits per heavy atom. The number of nitrogens with two attached hydrogens (primary N) is 1. The number of amides is 3. The predicted octanol–water partition coefficient (Wildman–Crippen LogP) is 2.59. The number of imide groups is 1. The van der Waals surface area contributed by atoms with E-state index in [4.69, 9.17) is 5.73 Å². The van der Waals surface area contributed by atoms with E-state index in [9.17, 15) is 54.3 Å². The Morgan fingerprint density at radius 1 is 0.896 bits per heavy atom. The fourth-order valence-corrected chi connectivity index (χ4v) is 7.50. The number of hydrogen-bond acceptors (Lipinski definition) is 10. The third-order valence-corrected chi connectivity index (χ3v) is 9.77. The highest BCUT2D eigenvalue weighted by Crippen LogP contribution is 2.53. The van der Waals surface area contributed by atoms with Gasteiger partial charge in [0.05, 0.1) is 28.8 Å². The van der Waals surface area contributed by atoms with Crippen LogP contribution in [0.3, 0.4) is 0 Å². The van der Waals surface area contributed by atoms with Crippen LogP contribution in [-0.4, -0.2) is 71.3 Å². The SMILES string of the molecule is NC(=O)C1=C(O)C2(O)C(=O)C3=C(O)c4c(O)c(CN5C(=O)c6ccccc6C5=O)cc(-c5cccc(C(=O)O)c5)c4CC3CC2CC1=O. The van der Waals surface area contributed by atoms with E-state index in [-0.39, 0.29) is 46.2 Å². The standard InChI is InChI=1S/C35H26N2O11/c36-31(43)26-23(38)12-18-9-16-10-22-21(14-4-3-5-15(8-14)34(46)47)11-17(13-37-32(44)19-6-1-2-7-20(19)33(37)45)27(39)25(22)28(40)24(16)29(41)35(18,48)30(26)42/h1-8,11,16,18,39-40,42,48H,9-10,12-13H2,(H2,36,43)(H,46,47). The summed E-state index contributed by atoms with van der Waals surface area (Å²) in [5.74, 6) is -10.4. The number of benzene rings is 3. The van der Waals surface area contributed by atoms with Gasteiger partial charge in [0.1, 0.15) is 22.8 Å². The molecule has 4 aliphatic rings. The summed E-state index contributed by atoms with van der Waals surface area (Å²) in [6, 6.07) is 13.5. The largest absolute Gasteiger partial charge is 0.508 e. The second kappa shape index (κ2) is 10.5. The summed E-state index contributed by atoms with van der Waals surface area (Å²) >= 11 is 0. The average molecular weight is 651 g/mol. The molecule has 0 radical (unpaired) electrons. The lowest BCUT2D eigenvalue weighted by atomic mass is 9.59. The molecule has 1 aliphatic heterocycles. The van der Waals surface area contributed by atoms with Crippen molar-refractivity contribution in [2.75, 3.05) is 0 Å². The topological polar surface area (TPSA) is 233 Å². The van der Waals surface area contributed by atoms with Gasteiger partial charge >= 0.3 is 5.97 Å². The molecule has 48 heavy (non-hydrogen) atoms. The zero-order valence-corrected chi connectivity index (χ0v) is 24.9. The van der Waals surface area contributed by atoms with Crippen LogP contribution in [0.15, 0.2) is 71.5 Å². The number of phenols is 1. The fourth-order valence-electron chi connectivity index (χ4n) is 7.50. The van der Waals surface area contributed by atoms with Crippen LogP contribution in [0.5, 0.6) is 5.75 Å². The van der Waals surface area contributed by atoms with Crippen LogP contribution in [0.2, 0.25) is 0 Å². The Hall–Kier alpha value is -6.08. The molecule has 3 aromatic rings. The summed E-state index contributed by atoms with van der Waals surface area (Å²) < 4.78 is 0. The number of hydrogen-bond donors (Lipinski definition) is 6. The summed E-state index contributed by atoms with van der Waals surface area (Å²) in [4.78, 5) is 77.9. The number of aliphatic hydroxyl groups is 3. The van der Waals surface area contributed by atoms with Crippen molar-refractivity contribution < 1.29 is 54.3 Å². The fraction of sp³-hybridized carbons (Fsp3) is 0.200. The van der Waals surface area contributed by atoms with E-state index in [0.29, 0.717) is 16.7 Å². The Morgan fingerprint density at radius 3 is 2.19 bits per heavy atom. The van der Waals surface area contributed by atoms with Crippen LogP contribution in [0, 0.1) is 11.8 Å². The van der Waals surface area contributed by atoms with Gasteiger partial charge in [0, 0.05) is 23.5 Å². The quantitative estimate of drug-likeness (QED) is 0.173. The molecule has 3 unspecified atom stereocenters. The first-order valence-electron chi connectivity index (χ1n) is 14.9. The van der Waals surface area contributed by atoms with Gasteiger partial charge in [-0.25, -0.2) is 4.79 Å². The van der Waals surface area contributed by atoms with E-state index in [1.165, 1.54) is 36.4 Å². The number of carbonyl (C=O) groups excluding carboxylic acids is 5. The minimum Gasteiger partial charge on any atom is -0.508 e. The first-order valence-corrected chi connectivity index (χ1v) is 14.9. The number of aromatic hydroxyl groups is 1. The summed E-state index contributed by atoms with van der Waals surface area (Å²) in [6.07, 6.45) is -0.628. The minimum atomic E-state index is -2.76. The van der Waals surface area contributed by atoms with Gasteiger partial charge in [0.25, 0.3) is 17.7 Å². The monoisotopic (exact) mass is 650 g/mol. The molecular formula is C35H26N2O11. The molecule has 242 valence electrons. The summed E-state index contributed by atoms with van der Waals surface area (Å²) in [5.41, 5.74) is 2.16. The molecule has 0 bridgehead atoms. The number of fused-ring (bicyclic) bond motifs is 4. The van der Waals surface area contributed by atoms with Gasteiger partial charge in [-0.1, -0.05) is 24.3 Å². The number of ketones is 2. The Bertz CT molecular complexity index is 2110. The van der Waals surface area contributed by atoms with Crippen LogP contribution < -0.4 is 5.73 Å². The number of Topliss-reactive ketones (excluding diaryl/α,β-unsaturated/α-hetero) is 2. The molecule has 13 heteroatoms. The van der Waals surface area contributed by atoms with Crippen molar-refractivity contribution in [1.82, 2.24) is 4.90 Å². The molecule has 3 aliphatic carbocycles. The summed E-state index contributed by atoms with van der Waals surface area (Å²) in [6.45, 7) is -0.462. The van der Waals surface area contributed by atoms with Gasteiger partial charge in [-0.3, -0.25) is 28.9 Å². The highest BCUT2D eigenvalue weighted by molar-refractivity contribution is 6.23. The number of carboxylic acids is 1. The van der Waals surface area contributed by atoms with E-state index in [1.54, 1.807) is 18.2 Å². The van der Waals surface area contributed by atoms with Gasteiger partial charge in [0.2, 0.25) is 5.78 Å². The van der Waals surface area contributed by atoms with Crippen molar-refractivity contribution in [2.45, 2.75) is 31.4 Å². The highest BCUT2D eigenvalue weighted by Gasteiger charge is 2.60. The van der Waals surface area contributed by atoms with Crippen molar-refractivity contribution in [3.8, 4) is 16.9 Å². The molecule has 0 spiro atoms. The van der Waals surface area contributed by atoms with E-state index in [1.807, 2.05) is 0 Å². The van der Waals surface area contributed by atoms with E-state index >= 15 is 0 Å². The third kappa shape index (κ3) is 4.14. The Kier molecular flexibility index (Phi) is 6.67. The maximum absolute atomic E-state index is 14.0. The summed E-state index contributed by atoms with van der Waals surface area (Å²) in [5, 5.41) is 55.5. The number of primary amides is 1. The zero-order chi connectivity index (χ0) is 34.4. The van der Waals surface area contributed by atoms with Crippen LogP contribution >= 0.6 is 0 Å². The minimum absolute atomic E-state index is 0.0218. The Balaban J connectivity index is 1.43. The Labute approximate surface area is 270 Å². The third-order valence-electron chi connectivity index (χ3n) is 9.77. The van der Waals surface area contributed by atoms with Crippen molar-refractivity contribution in [3.05, 3.63) is 105 Å². The van der Waals surface area contributed by atoms with E-state index < -0.39 is 88.5 Å². The highest BCUT2D eigenvalue weighted by atomic mass is 16.4. The molecule has 3 aromatic carbocycles. The number of aliphatic hydroxyl groups excluding tert-OH is 2. The van der Waals surface area contributed by atoms with Crippen LogP contribution in [0.25, 0.3) is 16.9 Å². The molecule has 7 rings (SSSR count). The molecule has 0 aromatic heterocycles. The molecule has 0 saturated heterocycles. The number of aromatic carboxylic acids is 1. The van der Waals surface area contributed by atoms with Crippen molar-refractivity contribution in [2.24, 2.45) is 17.6 Å². The summed E-state index contributed by atoms with van der Waals surface area (Å²) in [7, 11) is 0. The van der Waals surface area contributed by atoms with Gasteiger partial charge in [-0.05, 0) is 65.8 Å². The smallest absolute Gasteiger partial charge is 0.335 e. The number of rotatable bonds is 5. The molecule has 1 saturated carbocycles. The molecule has 1 heterocycles. The lowest BCUT2D eigenvalue weighted by molar-refractivity contribution is -0.147. The van der Waals surface area contributed by atoms with Crippen molar-refractivity contribution >= 4 is 41.0 Å². The van der Waals surface area contributed by atoms with Crippen molar-refractivity contribution in [3.63, 3.8) is 0 Å². The van der Waals surface area contributed by atoms with E-state index in [2.05, 4.69) is 0 Å². The van der Waals surface area contributed by atoms with E-state index in [0.717, 1.165) is 4.90 Å². The lowest BCUT2D eigenvalue weighted by Gasteiger charge is -2.46. The zero-order valence-electron chi connectivity index (χ0n) is 24.9. The van der Waals surface area contributed by atoms with Gasteiger partial charge in [-0.2, -0.15) is 0 Å². The molecule has 3 amide bonds. The first kappa shape index (κ1) is 30.6. The van der Waals surface area contributed by atoms with Gasteiger partial charge in [0.15, 0.2) is 11.4 Å². The molecule has 3 atom stereocenters. The maximum Gasteiger partial charge on any atom is 0.335 e. The maximum atomic E-state index is 14.0. The number of nitrogens with zero attached hydrogens (tertiary/aromatic N) is 1. The number of phenolic OH excluding ortho intramolecular Hbond substituents is 1.